The normalized spacial score (nSPS) is 18.4. The molecule has 0 aliphatic carbocycles. The minimum absolute atomic E-state index is 0.151. The van der Waals surface area contributed by atoms with Crippen molar-refractivity contribution in [3.8, 4) is 0 Å². The SMILES string of the molecule is Cc1ccc(S(=O)(=O)CCC(=O)NC2CCC(=O)NC2=O)cc1. The molecule has 0 radical (unpaired) electrons. The highest BCUT2D eigenvalue weighted by Gasteiger charge is 2.28. The number of rotatable bonds is 5. The Kier molecular flexibility index (Phi) is 5.15. The number of aryl methyl sites for hydroxylation is 1. The number of carbonyl (C=O) groups is 3. The van der Waals surface area contributed by atoms with Gasteiger partial charge in [-0.1, -0.05) is 17.7 Å². The topological polar surface area (TPSA) is 109 Å². The molecule has 1 atom stereocenters. The number of carbonyl (C=O) groups excluding carboxylic acids is 3. The molecule has 1 unspecified atom stereocenters. The van der Waals surface area contributed by atoms with Crippen molar-refractivity contribution < 1.29 is 22.8 Å². The Morgan fingerprint density at radius 2 is 1.91 bits per heavy atom. The van der Waals surface area contributed by atoms with Gasteiger partial charge in [0.1, 0.15) is 6.04 Å². The van der Waals surface area contributed by atoms with Crippen molar-refractivity contribution in [1.82, 2.24) is 10.6 Å². The van der Waals surface area contributed by atoms with E-state index >= 15 is 0 Å². The van der Waals surface area contributed by atoms with Crippen LogP contribution in [-0.4, -0.2) is 37.9 Å². The fourth-order valence-electron chi connectivity index (χ4n) is 2.19. The predicted octanol–water partition coefficient (Wildman–Crippen LogP) is 0.0802. The summed E-state index contributed by atoms with van der Waals surface area (Å²) in [6.07, 6.45) is 0.132. The number of imide groups is 1. The van der Waals surface area contributed by atoms with Gasteiger partial charge in [0.05, 0.1) is 10.6 Å². The van der Waals surface area contributed by atoms with E-state index < -0.39 is 27.7 Å². The zero-order valence-corrected chi connectivity index (χ0v) is 13.5. The standard InChI is InChI=1S/C15H18N2O5S/c1-10-2-4-11(5-3-10)23(21,22)9-8-14(19)16-12-6-7-13(18)17-15(12)20/h2-5,12H,6-9H2,1H3,(H,16,19)(H,17,18,20). The van der Waals surface area contributed by atoms with E-state index in [0.717, 1.165) is 5.56 Å². The summed E-state index contributed by atoms with van der Waals surface area (Å²) in [6, 6.07) is 5.60. The Balaban J connectivity index is 1.90. The number of hydrogen-bond acceptors (Lipinski definition) is 5. The van der Waals surface area contributed by atoms with Crippen molar-refractivity contribution in [2.24, 2.45) is 0 Å². The summed E-state index contributed by atoms with van der Waals surface area (Å²) in [5.74, 6) is -1.80. The Morgan fingerprint density at radius 3 is 2.52 bits per heavy atom. The Morgan fingerprint density at radius 1 is 1.26 bits per heavy atom. The molecule has 1 aromatic rings. The monoisotopic (exact) mass is 338 g/mol. The van der Waals surface area contributed by atoms with Gasteiger partial charge in [-0.3, -0.25) is 19.7 Å². The number of hydrogen-bond donors (Lipinski definition) is 2. The van der Waals surface area contributed by atoms with Crippen LogP contribution in [0.25, 0.3) is 0 Å². The van der Waals surface area contributed by atoms with Crippen molar-refractivity contribution in [1.29, 1.82) is 0 Å². The highest BCUT2D eigenvalue weighted by molar-refractivity contribution is 7.91. The maximum Gasteiger partial charge on any atom is 0.249 e. The molecule has 23 heavy (non-hydrogen) atoms. The highest BCUT2D eigenvalue weighted by atomic mass is 32.2. The summed E-state index contributed by atoms with van der Waals surface area (Å²) < 4.78 is 24.3. The molecule has 8 heteroatoms. The fraction of sp³-hybridized carbons (Fsp3) is 0.400. The van der Waals surface area contributed by atoms with Gasteiger partial charge in [0.2, 0.25) is 17.7 Å². The van der Waals surface area contributed by atoms with Crippen LogP contribution in [0.15, 0.2) is 29.2 Å². The molecule has 0 aromatic heterocycles. The van der Waals surface area contributed by atoms with Gasteiger partial charge in [0.25, 0.3) is 0 Å². The third-order valence-corrected chi connectivity index (χ3v) is 5.28. The van der Waals surface area contributed by atoms with Gasteiger partial charge in [0, 0.05) is 12.8 Å². The Hall–Kier alpha value is -2.22. The molecule has 1 aliphatic heterocycles. The predicted molar refractivity (Wildman–Crippen MR) is 82.2 cm³/mol. The van der Waals surface area contributed by atoms with Gasteiger partial charge in [-0.15, -0.1) is 0 Å². The van der Waals surface area contributed by atoms with E-state index in [2.05, 4.69) is 10.6 Å². The van der Waals surface area contributed by atoms with Gasteiger partial charge in [-0.05, 0) is 25.5 Å². The second-order valence-corrected chi connectivity index (χ2v) is 7.56. The summed E-state index contributed by atoms with van der Waals surface area (Å²) in [5, 5.41) is 4.58. The van der Waals surface area contributed by atoms with E-state index in [4.69, 9.17) is 0 Å². The first-order valence-electron chi connectivity index (χ1n) is 7.20. The van der Waals surface area contributed by atoms with Gasteiger partial charge in [0.15, 0.2) is 9.84 Å². The van der Waals surface area contributed by atoms with Crippen LogP contribution in [0.5, 0.6) is 0 Å². The minimum Gasteiger partial charge on any atom is -0.344 e. The average molecular weight is 338 g/mol. The lowest BCUT2D eigenvalue weighted by Crippen LogP contribution is -2.52. The molecule has 7 nitrogen and oxygen atoms in total. The van der Waals surface area contributed by atoms with Crippen LogP contribution in [0.3, 0.4) is 0 Å². The summed E-state index contributed by atoms with van der Waals surface area (Å²) >= 11 is 0. The number of benzene rings is 1. The van der Waals surface area contributed by atoms with E-state index in [1.165, 1.54) is 12.1 Å². The van der Waals surface area contributed by atoms with Gasteiger partial charge >= 0.3 is 0 Å². The molecule has 0 saturated carbocycles. The van der Waals surface area contributed by atoms with Crippen molar-refractivity contribution in [3.63, 3.8) is 0 Å². The molecular weight excluding hydrogens is 320 g/mol. The molecule has 1 aromatic carbocycles. The summed E-state index contributed by atoms with van der Waals surface area (Å²) in [5.41, 5.74) is 0.944. The quantitative estimate of drug-likeness (QED) is 0.739. The van der Waals surface area contributed by atoms with Crippen molar-refractivity contribution in [3.05, 3.63) is 29.8 Å². The van der Waals surface area contributed by atoms with Crippen molar-refractivity contribution in [2.75, 3.05) is 5.75 Å². The van der Waals surface area contributed by atoms with E-state index in [9.17, 15) is 22.8 Å². The van der Waals surface area contributed by atoms with Crippen LogP contribution in [0.4, 0.5) is 0 Å². The van der Waals surface area contributed by atoms with Crippen molar-refractivity contribution >= 4 is 27.6 Å². The molecule has 2 rings (SSSR count). The van der Waals surface area contributed by atoms with E-state index in [1.54, 1.807) is 12.1 Å². The van der Waals surface area contributed by atoms with Crippen LogP contribution in [0.1, 0.15) is 24.8 Å². The minimum atomic E-state index is -3.55. The summed E-state index contributed by atoms with van der Waals surface area (Å²) in [4.78, 5) is 34.5. The van der Waals surface area contributed by atoms with Crippen LogP contribution >= 0.6 is 0 Å². The molecule has 1 fully saturated rings. The molecule has 1 aliphatic rings. The highest BCUT2D eigenvalue weighted by Crippen LogP contribution is 2.13. The van der Waals surface area contributed by atoms with E-state index in [0.29, 0.717) is 0 Å². The lowest BCUT2D eigenvalue weighted by molar-refractivity contribution is -0.137. The lowest BCUT2D eigenvalue weighted by Gasteiger charge is -2.21. The Bertz CT molecular complexity index is 725. The van der Waals surface area contributed by atoms with Crippen LogP contribution < -0.4 is 10.6 Å². The van der Waals surface area contributed by atoms with Gasteiger partial charge in [-0.25, -0.2) is 8.42 Å². The third-order valence-electron chi connectivity index (χ3n) is 3.55. The van der Waals surface area contributed by atoms with E-state index in [1.807, 2.05) is 6.92 Å². The smallest absolute Gasteiger partial charge is 0.249 e. The molecule has 124 valence electrons. The second-order valence-electron chi connectivity index (χ2n) is 5.45. The molecule has 1 saturated heterocycles. The molecule has 1 heterocycles. The first kappa shape index (κ1) is 17.1. The first-order chi connectivity index (χ1) is 10.8. The number of sulfone groups is 1. The van der Waals surface area contributed by atoms with Gasteiger partial charge < -0.3 is 5.32 Å². The fourth-order valence-corrected chi connectivity index (χ4v) is 3.43. The Labute approximate surface area is 134 Å². The molecular formula is C15H18N2O5S. The zero-order chi connectivity index (χ0) is 17.0. The van der Waals surface area contributed by atoms with Gasteiger partial charge in [-0.2, -0.15) is 0 Å². The largest absolute Gasteiger partial charge is 0.344 e. The third kappa shape index (κ3) is 4.62. The first-order valence-corrected chi connectivity index (χ1v) is 8.85. The molecule has 0 bridgehead atoms. The molecule has 2 N–H and O–H groups in total. The average Bonchev–Trinajstić information content (AvgIpc) is 2.49. The number of nitrogens with one attached hydrogen (secondary N) is 2. The number of piperidine rings is 1. The lowest BCUT2D eigenvalue weighted by atomic mass is 10.1. The second kappa shape index (κ2) is 6.91. The molecule has 3 amide bonds. The van der Waals surface area contributed by atoms with E-state index in [-0.39, 0.29) is 35.8 Å². The summed E-state index contributed by atoms with van der Waals surface area (Å²) in [6.45, 7) is 1.85. The summed E-state index contributed by atoms with van der Waals surface area (Å²) in [7, 11) is -3.55. The maximum absolute atomic E-state index is 12.1. The van der Waals surface area contributed by atoms with Crippen LogP contribution in [-0.2, 0) is 24.2 Å². The molecule has 0 spiro atoms. The zero-order valence-electron chi connectivity index (χ0n) is 12.7. The maximum atomic E-state index is 12.1. The number of amides is 3. The van der Waals surface area contributed by atoms with Crippen molar-refractivity contribution in [2.45, 2.75) is 37.1 Å². The van der Waals surface area contributed by atoms with Crippen LogP contribution in [0, 0.1) is 6.92 Å². The van der Waals surface area contributed by atoms with Crippen LogP contribution in [0.2, 0.25) is 0 Å².